The van der Waals surface area contributed by atoms with E-state index in [0.29, 0.717) is 18.4 Å². The Bertz CT molecular complexity index is 899. The molecule has 5 nitrogen and oxygen atoms in total. The van der Waals surface area contributed by atoms with E-state index in [2.05, 4.69) is 33.5 Å². The summed E-state index contributed by atoms with van der Waals surface area (Å²) < 4.78 is 5.51. The van der Waals surface area contributed by atoms with Gasteiger partial charge in [0.2, 0.25) is 5.89 Å². The summed E-state index contributed by atoms with van der Waals surface area (Å²) in [7, 11) is 0. The molecule has 0 spiro atoms. The van der Waals surface area contributed by atoms with Gasteiger partial charge in [-0.15, -0.1) is 0 Å². The van der Waals surface area contributed by atoms with E-state index in [1.54, 1.807) is 6.26 Å². The summed E-state index contributed by atoms with van der Waals surface area (Å²) >= 11 is 0. The Morgan fingerprint density at radius 2 is 1.96 bits per heavy atom. The Balaban J connectivity index is 1.41. The molecule has 0 bridgehead atoms. The quantitative estimate of drug-likeness (QED) is 0.563. The van der Waals surface area contributed by atoms with Crippen LogP contribution in [0.1, 0.15) is 23.2 Å². The Hall–Kier alpha value is -3.08. The molecule has 0 saturated heterocycles. The molecule has 0 unspecified atom stereocenters. The van der Waals surface area contributed by atoms with Crippen LogP contribution in [0.5, 0.6) is 0 Å². The van der Waals surface area contributed by atoms with Crippen molar-refractivity contribution in [2.24, 2.45) is 10.7 Å². The summed E-state index contributed by atoms with van der Waals surface area (Å²) in [5.41, 5.74) is 11.5. The van der Waals surface area contributed by atoms with Gasteiger partial charge >= 0.3 is 0 Å². The number of aryl methyl sites for hydroxylation is 2. The molecule has 1 aliphatic rings. The fraction of sp³-hybridized carbons (Fsp3) is 0.200. The highest BCUT2D eigenvalue weighted by molar-refractivity contribution is 5.92. The molecule has 0 radical (unpaired) electrons. The van der Waals surface area contributed by atoms with Crippen LogP contribution in [0.15, 0.2) is 64.2 Å². The molecule has 1 heterocycles. The first-order valence-corrected chi connectivity index (χ1v) is 8.46. The number of nitrogens with two attached hydrogens (primary N) is 1. The van der Waals surface area contributed by atoms with E-state index in [9.17, 15) is 0 Å². The third-order valence-corrected chi connectivity index (χ3v) is 4.35. The molecule has 2 aromatic carbocycles. The van der Waals surface area contributed by atoms with E-state index >= 15 is 0 Å². The van der Waals surface area contributed by atoms with Gasteiger partial charge in [0.25, 0.3) is 0 Å². The van der Waals surface area contributed by atoms with Gasteiger partial charge < -0.3 is 15.5 Å². The molecular weight excluding hydrogens is 312 g/mol. The van der Waals surface area contributed by atoms with E-state index in [1.165, 1.54) is 24.0 Å². The van der Waals surface area contributed by atoms with E-state index in [-0.39, 0.29) is 0 Å². The number of hydrogen-bond donors (Lipinski definition) is 2. The number of fused-ring (bicyclic) bond motifs is 1. The maximum atomic E-state index is 6.00. The molecule has 5 heteroatoms. The highest BCUT2D eigenvalue weighted by Crippen LogP contribution is 2.24. The van der Waals surface area contributed by atoms with E-state index in [1.807, 2.05) is 30.3 Å². The van der Waals surface area contributed by atoms with E-state index < -0.39 is 0 Å². The van der Waals surface area contributed by atoms with Crippen molar-refractivity contribution in [1.82, 2.24) is 4.98 Å². The van der Waals surface area contributed by atoms with Crippen molar-refractivity contribution in [2.75, 3.05) is 5.32 Å². The molecule has 0 saturated carbocycles. The van der Waals surface area contributed by atoms with Crippen molar-refractivity contribution < 1.29 is 4.42 Å². The zero-order valence-corrected chi connectivity index (χ0v) is 13.9. The average Bonchev–Trinajstić information content (AvgIpc) is 3.30. The molecule has 126 valence electrons. The first kappa shape index (κ1) is 15.4. The lowest BCUT2D eigenvalue weighted by molar-refractivity contribution is 0.572. The number of guanidine groups is 1. The zero-order chi connectivity index (χ0) is 17.1. The summed E-state index contributed by atoms with van der Waals surface area (Å²) in [5.74, 6) is 0.971. The fourth-order valence-electron chi connectivity index (χ4n) is 3.10. The summed E-state index contributed by atoms with van der Waals surface area (Å²) in [6.45, 7) is 0.375. The normalized spacial score (nSPS) is 13.7. The van der Waals surface area contributed by atoms with Crippen molar-refractivity contribution in [3.05, 3.63) is 71.6 Å². The van der Waals surface area contributed by atoms with E-state index in [4.69, 9.17) is 10.2 Å². The largest absolute Gasteiger partial charge is 0.444 e. The van der Waals surface area contributed by atoms with Gasteiger partial charge in [-0.1, -0.05) is 24.3 Å². The molecule has 3 aromatic rings. The number of oxazole rings is 1. The monoisotopic (exact) mass is 332 g/mol. The highest BCUT2D eigenvalue weighted by Gasteiger charge is 2.11. The van der Waals surface area contributed by atoms with Crippen LogP contribution in [0.2, 0.25) is 0 Å². The molecule has 0 fully saturated rings. The number of benzene rings is 2. The highest BCUT2D eigenvalue weighted by atomic mass is 16.3. The molecule has 1 aliphatic carbocycles. The molecule has 0 amide bonds. The maximum absolute atomic E-state index is 6.00. The van der Waals surface area contributed by atoms with Crippen LogP contribution in [0.4, 0.5) is 5.69 Å². The van der Waals surface area contributed by atoms with Crippen LogP contribution in [0.3, 0.4) is 0 Å². The number of aromatic nitrogens is 1. The van der Waals surface area contributed by atoms with Crippen molar-refractivity contribution in [2.45, 2.75) is 25.8 Å². The summed E-state index contributed by atoms with van der Waals surface area (Å²) in [6, 6.07) is 16.2. The van der Waals surface area contributed by atoms with Gasteiger partial charge in [0.15, 0.2) is 5.96 Å². The number of anilines is 1. The molecule has 4 rings (SSSR count). The maximum Gasteiger partial charge on any atom is 0.226 e. The Morgan fingerprint density at radius 3 is 2.84 bits per heavy atom. The second kappa shape index (κ2) is 6.81. The first-order valence-electron chi connectivity index (χ1n) is 8.46. The lowest BCUT2D eigenvalue weighted by Crippen LogP contribution is -2.22. The van der Waals surface area contributed by atoms with Crippen molar-refractivity contribution >= 4 is 11.6 Å². The average molecular weight is 332 g/mol. The molecule has 0 aliphatic heterocycles. The summed E-state index contributed by atoms with van der Waals surface area (Å²) in [6.07, 6.45) is 5.17. The minimum absolute atomic E-state index is 0.375. The van der Waals surface area contributed by atoms with Gasteiger partial charge in [-0.3, -0.25) is 0 Å². The summed E-state index contributed by atoms with van der Waals surface area (Å²) in [4.78, 5) is 8.80. The predicted octanol–water partition coefficient (Wildman–Crippen LogP) is 3.76. The van der Waals surface area contributed by atoms with Gasteiger partial charge in [-0.25, -0.2) is 9.98 Å². The van der Waals surface area contributed by atoms with Crippen LogP contribution in [-0.2, 0) is 19.4 Å². The molecule has 0 atom stereocenters. The minimum Gasteiger partial charge on any atom is -0.444 e. The number of nitrogens with one attached hydrogen (secondary N) is 1. The summed E-state index contributed by atoms with van der Waals surface area (Å²) in [5, 5.41) is 3.15. The first-order chi connectivity index (χ1) is 12.3. The fourth-order valence-corrected chi connectivity index (χ4v) is 3.10. The van der Waals surface area contributed by atoms with Crippen molar-refractivity contribution in [3.8, 4) is 11.5 Å². The Morgan fingerprint density at radius 1 is 1.12 bits per heavy atom. The van der Waals surface area contributed by atoms with E-state index in [0.717, 1.165) is 23.4 Å². The number of aliphatic imine (C=N–C) groups is 1. The van der Waals surface area contributed by atoms with Crippen LogP contribution >= 0.6 is 0 Å². The van der Waals surface area contributed by atoms with Gasteiger partial charge in [0.1, 0.15) is 12.0 Å². The standard InChI is InChI=1S/C20H20N4O/c21-20(24-17-10-9-14-7-4-8-16(14)11-17)22-12-18-13-25-19(23-18)15-5-2-1-3-6-15/h1-3,5-6,9-11,13H,4,7-8,12H2,(H3,21,22,24). The minimum atomic E-state index is 0.375. The molecule has 25 heavy (non-hydrogen) atoms. The topological polar surface area (TPSA) is 76.4 Å². The Kier molecular flexibility index (Phi) is 4.21. The number of hydrogen-bond acceptors (Lipinski definition) is 3. The second-order valence-electron chi connectivity index (χ2n) is 6.17. The van der Waals surface area contributed by atoms with Crippen molar-refractivity contribution in [3.63, 3.8) is 0 Å². The van der Waals surface area contributed by atoms with Gasteiger partial charge in [-0.2, -0.15) is 0 Å². The second-order valence-corrected chi connectivity index (χ2v) is 6.17. The zero-order valence-electron chi connectivity index (χ0n) is 13.9. The van der Waals surface area contributed by atoms with Gasteiger partial charge in [0.05, 0.1) is 6.54 Å². The number of rotatable bonds is 4. The van der Waals surface area contributed by atoms with Gasteiger partial charge in [0, 0.05) is 11.3 Å². The van der Waals surface area contributed by atoms with Crippen LogP contribution in [0.25, 0.3) is 11.5 Å². The van der Waals surface area contributed by atoms with Gasteiger partial charge in [-0.05, 0) is 54.7 Å². The SMILES string of the molecule is NC(=NCc1coc(-c2ccccc2)n1)Nc1ccc2c(c1)CCC2. The number of nitrogens with zero attached hydrogens (tertiary/aromatic N) is 2. The van der Waals surface area contributed by atoms with Crippen LogP contribution < -0.4 is 11.1 Å². The predicted molar refractivity (Wildman–Crippen MR) is 99.4 cm³/mol. The van der Waals surface area contributed by atoms with Crippen LogP contribution in [-0.4, -0.2) is 10.9 Å². The third-order valence-electron chi connectivity index (χ3n) is 4.35. The molecule has 3 N–H and O–H groups in total. The van der Waals surface area contributed by atoms with Crippen LogP contribution in [0, 0.1) is 0 Å². The molecule has 1 aromatic heterocycles. The lowest BCUT2D eigenvalue weighted by Gasteiger charge is -2.07. The third kappa shape index (κ3) is 3.55. The molecular formula is C20H20N4O. The van der Waals surface area contributed by atoms with Crippen molar-refractivity contribution in [1.29, 1.82) is 0 Å². The Labute approximate surface area is 146 Å². The lowest BCUT2D eigenvalue weighted by atomic mass is 10.1. The smallest absolute Gasteiger partial charge is 0.226 e.